The maximum Gasteiger partial charge on any atom is 0.124 e. The number of aromatic nitrogens is 2. The van der Waals surface area contributed by atoms with Crippen LogP contribution in [0.25, 0.3) is 0 Å². The van der Waals surface area contributed by atoms with E-state index in [2.05, 4.69) is 15.7 Å². The number of anilines is 1. The van der Waals surface area contributed by atoms with Crippen LogP contribution in [0, 0.1) is 11.8 Å². The molecule has 124 valence electrons. The van der Waals surface area contributed by atoms with Gasteiger partial charge in [-0.15, -0.1) is 0 Å². The molecule has 3 N–H and O–H groups in total. The van der Waals surface area contributed by atoms with Crippen LogP contribution in [-0.2, 0) is 13.0 Å². The Morgan fingerprint density at radius 1 is 1.35 bits per heavy atom. The number of halogens is 1. The van der Waals surface area contributed by atoms with Crippen molar-refractivity contribution in [2.75, 3.05) is 31.6 Å². The molecule has 1 aliphatic heterocycles. The summed E-state index contributed by atoms with van der Waals surface area (Å²) in [5.41, 5.74) is 1.20. The molecule has 5 nitrogen and oxygen atoms in total. The summed E-state index contributed by atoms with van der Waals surface area (Å²) in [5, 5.41) is 21.5. The van der Waals surface area contributed by atoms with Gasteiger partial charge in [-0.25, -0.2) is 4.68 Å². The van der Waals surface area contributed by atoms with Gasteiger partial charge in [0.15, 0.2) is 0 Å². The van der Waals surface area contributed by atoms with E-state index in [4.69, 9.17) is 11.6 Å². The highest BCUT2D eigenvalue weighted by molar-refractivity contribution is 6.30. The largest absolute Gasteiger partial charge is 0.396 e. The minimum atomic E-state index is 0.182. The maximum atomic E-state index is 9.59. The van der Waals surface area contributed by atoms with Crippen LogP contribution in [-0.4, -0.2) is 41.1 Å². The number of rotatable bonds is 7. The predicted molar refractivity (Wildman–Crippen MR) is 92.8 cm³/mol. The average Bonchev–Trinajstić information content (AvgIpc) is 3.03. The quantitative estimate of drug-likeness (QED) is 0.725. The molecule has 0 bridgehead atoms. The number of fused-ring (bicyclic) bond motifs is 1. The van der Waals surface area contributed by atoms with Gasteiger partial charge in [0, 0.05) is 49.8 Å². The summed E-state index contributed by atoms with van der Waals surface area (Å²) < 4.78 is 2.01. The van der Waals surface area contributed by atoms with E-state index in [-0.39, 0.29) is 12.5 Å². The van der Waals surface area contributed by atoms with Gasteiger partial charge in [-0.05, 0) is 30.0 Å². The number of aliphatic hydroxyl groups excluding tert-OH is 1. The highest BCUT2D eigenvalue weighted by Crippen LogP contribution is 2.16. The van der Waals surface area contributed by atoms with Crippen molar-refractivity contribution in [1.82, 2.24) is 15.1 Å². The first-order valence-electron chi connectivity index (χ1n) is 8.06. The van der Waals surface area contributed by atoms with E-state index >= 15 is 0 Å². The van der Waals surface area contributed by atoms with Gasteiger partial charge in [-0.2, -0.15) is 5.10 Å². The Balaban J connectivity index is 1.43. The molecular weight excluding hydrogens is 312 g/mol. The standard InChI is InChI=1S/C17H23ClN4O/c18-16-3-1-13(2-4-16)7-14(12-23)8-19-9-15-10-20-17-5-6-21-22(17)11-15/h1-6,14-15,19-20,23H,7-12H2. The first-order valence-corrected chi connectivity index (χ1v) is 8.44. The molecule has 1 aromatic carbocycles. The van der Waals surface area contributed by atoms with Crippen molar-refractivity contribution in [3.05, 3.63) is 47.1 Å². The van der Waals surface area contributed by atoms with Crippen LogP contribution in [0.15, 0.2) is 36.5 Å². The molecule has 2 heterocycles. The van der Waals surface area contributed by atoms with Crippen molar-refractivity contribution in [3.63, 3.8) is 0 Å². The van der Waals surface area contributed by atoms with Gasteiger partial charge in [0.25, 0.3) is 0 Å². The Morgan fingerprint density at radius 3 is 2.96 bits per heavy atom. The summed E-state index contributed by atoms with van der Waals surface area (Å²) in [6.07, 6.45) is 2.68. The molecule has 1 aliphatic rings. The van der Waals surface area contributed by atoms with Crippen molar-refractivity contribution in [1.29, 1.82) is 0 Å². The second kappa shape index (κ2) is 7.81. The van der Waals surface area contributed by atoms with E-state index in [1.165, 1.54) is 5.56 Å². The van der Waals surface area contributed by atoms with Gasteiger partial charge in [0.05, 0.1) is 6.20 Å². The Kier molecular flexibility index (Phi) is 5.54. The van der Waals surface area contributed by atoms with E-state index < -0.39 is 0 Å². The maximum absolute atomic E-state index is 9.59. The molecule has 2 atom stereocenters. The fourth-order valence-corrected chi connectivity index (χ4v) is 3.10. The SMILES string of the molecule is OCC(CNCC1CNc2ccnn2C1)Cc1ccc(Cl)cc1. The van der Waals surface area contributed by atoms with Gasteiger partial charge >= 0.3 is 0 Å². The van der Waals surface area contributed by atoms with Crippen LogP contribution >= 0.6 is 11.6 Å². The van der Waals surface area contributed by atoms with Gasteiger partial charge in [-0.3, -0.25) is 0 Å². The van der Waals surface area contributed by atoms with Crippen LogP contribution in [0.2, 0.25) is 5.02 Å². The third-order valence-corrected chi connectivity index (χ3v) is 4.53. The summed E-state index contributed by atoms with van der Waals surface area (Å²) in [7, 11) is 0. The van der Waals surface area contributed by atoms with Crippen molar-refractivity contribution in [3.8, 4) is 0 Å². The van der Waals surface area contributed by atoms with Crippen LogP contribution in [0.4, 0.5) is 5.82 Å². The van der Waals surface area contributed by atoms with E-state index in [0.717, 1.165) is 43.4 Å². The highest BCUT2D eigenvalue weighted by atomic mass is 35.5. The smallest absolute Gasteiger partial charge is 0.124 e. The minimum Gasteiger partial charge on any atom is -0.396 e. The molecule has 0 spiro atoms. The second-order valence-electron chi connectivity index (χ2n) is 6.18. The van der Waals surface area contributed by atoms with Crippen molar-refractivity contribution in [2.24, 2.45) is 11.8 Å². The molecule has 1 aromatic heterocycles. The average molecular weight is 335 g/mol. The number of benzene rings is 1. The normalized spacial score (nSPS) is 18.3. The Hall–Kier alpha value is -1.56. The van der Waals surface area contributed by atoms with Crippen molar-refractivity contribution >= 4 is 17.4 Å². The van der Waals surface area contributed by atoms with Gasteiger partial charge in [-0.1, -0.05) is 23.7 Å². The summed E-state index contributed by atoms with van der Waals surface area (Å²) in [5.74, 6) is 1.82. The van der Waals surface area contributed by atoms with Crippen LogP contribution in [0.5, 0.6) is 0 Å². The van der Waals surface area contributed by atoms with Gasteiger partial charge in [0.2, 0.25) is 0 Å². The van der Waals surface area contributed by atoms with E-state index in [0.29, 0.717) is 5.92 Å². The zero-order valence-electron chi connectivity index (χ0n) is 13.1. The lowest BCUT2D eigenvalue weighted by molar-refractivity contribution is 0.219. The topological polar surface area (TPSA) is 62.1 Å². The second-order valence-corrected chi connectivity index (χ2v) is 6.62. The molecule has 2 aromatic rings. The number of nitrogens with one attached hydrogen (secondary N) is 2. The highest BCUT2D eigenvalue weighted by Gasteiger charge is 2.18. The van der Waals surface area contributed by atoms with Crippen LogP contribution in [0.1, 0.15) is 5.56 Å². The third kappa shape index (κ3) is 4.47. The lowest BCUT2D eigenvalue weighted by Crippen LogP contribution is -2.37. The lowest BCUT2D eigenvalue weighted by Gasteiger charge is -2.26. The van der Waals surface area contributed by atoms with Gasteiger partial charge in [0.1, 0.15) is 5.82 Å². The first kappa shape index (κ1) is 16.3. The van der Waals surface area contributed by atoms with Gasteiger partial charge < -0.3 is 15.7 Å². The molecule has 0 radical (unpaired) electrons. The number of hydrogen-bond acceptors (Lipinski definition) is 4. The van der Waals surface area contributed by atoms with Crippen LogP contribution in [0.3, 0.4) is 0 Å². The minimum absolute atomic E-state index is 0.182. The number of hydrogen-bond donors (Lipinski definition) is 3. The van der Waals surface area contributed by atoms with Crippen molar-refractivity contribution in [2.45, 2.75) is 13.0 Å². The molecule has 0 fully saturated rings. The van der Waals surface area contributed by atoms with E-state index in [1.807, 2.05) is 41.2 Å². The van der Waals surface area contributed by atoms with Crippen LogP contribution < -0.4 is 10.6 Å². The lowest BCUT2D eigenvalue weighted by atomic mass is 9.99. The number of aliphatic hydroxyl groups is 1. The molecule has 0 saturated heterocycles. The molecule has 0 saturated carbocycles. The van der Waals surface area contributed by atoms with E-state index in [9.17, 15) is 5.11 Å². The predicted octanol–water partition coefficient (Wildman–Crippen LogP) is 2.02. The Morgan fingerprint density at radius 2 is 2.17 bits per heavy atom. The molecule has 6 heteroatoms. The summed E-state index contributed by atoms with van der Waals surface area (Å²) in [6, 6.07) is 9.84. The number of nitrogens with zero attached hydrogens (tertiary/aromatic N) is 2. The van der Waals surface area contributed by atoms with E-state index in [1.54, 1.807) is 0 Å². The molecule has 3 rings (SSSR count). The fourth-order valence-electron chi connectivity index (χ4n) is 2.97. The summed E-state index contributed by atoms with van der Waals surface area (Å²) in [6.45, 7) is 3.80. The monoisotopic (exact) mass is 334 g/mol. The summed E-state index contributed by atoms with van der Waals surface area (Å²) >= 11 is 5.90. The zero-order valence-corrected chi connectivity index (χ0v) is 13.8. The third-order valence-electron chi connectivity index (χ3n) is 4.28. The zero-order chi connectivity index (χ0) is 16.1. The molecule has 0 amide bonds. The molecule has 0 aliphatic carbocycles. The summed E-state index contributed by atoms with van der Waals surface area (Å²) in [4.78, 5) is 0. The molecule has 23 heavy (non-hydrogen) atoms. The Labute approximate surface area is 141 Å². The molecule has 2 unspecified atom stereocenters. The fraction of sp³-hybridized carbons (Fsp3) is 0.471. The molecular formula is C17H23ClN4O. The van der Waals surface area contributed by atoms with Crippen molar-refractivity contribution < 1.29 is 5.11 Å². The Bertz CT molecular complexity index is 613. The first-order chi connectivity index (χ1) is 11.2.